The van der Waals surface area contributed by atoms with Crippen LogP contribution in [0.15, 0.2) is 12.1 Å². The smallest absolute Gasteiger partial charge is 0.0510 e. The maximum atomic E-state index is 6.27. The first-order chi connectivity index (χ1) is 7.59. The van der Waals surface area contributed by atoms with Crippen LogP contribution in [-0.4, -0.2) is 6.54 Å². The molecule has 2 heteroatoms. The minimum Gasteiger partial charge on any atom is -0.328 e. The first kappa shape index (κ1) is 14.2. The molecule has 1 rings (SSSR count). The van der Waals surface area contributed by atoms with E-state index in [2.05, 4.69) is 46.8 Å². The summed E-state index contributed by atoms with van der Waals surface area (Å²) in [5.41, 5.74) is 16.8. The van der Waals surface area contributed by atoms with Crippen LogP contribution in [0.3, 0.4) is 0 Å². The van der Waals surface area contributed by atoms with E-state index >= 15 is 0 Å². The lowest BCUT2D eigenvalue weighted by atomic mass is 9.79. The van der Waals surface area contributed by atoms with Gasteiger partial charge in [0.25, 0.3) is 0 Å². The van der Waals surface area contributed by atoms with E-state index in [0.29, 0.717) is 6.54 Å². The average molecular weight is 234 g/mol. The number of hydrogen-bond donors (Lipinski definition) is 2. The maximum Gasteiger partial charge on any atom is 0.0510 e. The Kier molecular flexibility index (Phi) is 3.70. The third-order valence-corrected chi connectivity index (χ3v) is 3.39. The summed E-state index contributed by atoms with van der Waals surface area (Å²) in [6.07, 6.45) is 0. The van der Waals surface area contributed by atoms with E-state index in [4.69, 9.17) is 11.5 Å². The van der Waals surface area contributed by atoms with E-state index in [-0.39, 0.29) is 5.41 Å². The average Bonchev–Trinajstić information content (AvgIpc) is 2.14. The number of aryl methyl sites for hydroxylation is 2. The Labute approximate surface area is 105 Å². The van der Waals surface area contributed by atoms with Crippen LogP contribution in [0.1, 0.15) is 49.9 Å². The van der Waals surface area contributed by atoms with Crippen molar-refractivity contribution in [1.29, 1.82) is 0 Å². The van der Waals surface area contributed by atoms with Crippen LogP contribution in [0.25, 0.3) is 0 Å². The lowest BCUT2D eigenvalue weighted by molar-refractivity contribution is 0.500. The molecule has 0 spiro atoms. The van der Waals surface area contributed by atoms with Crippen LogP contribution in [0.5, 0.6) is 0 Å². The molecule has 0 fully saturated rings. The second kappa shape index (κ2) is 4.43. The molecule has 1 aromatic rings. The van der Waals surface area contributed by atoms with Crippen molar-refractivity contribution >= 4 is 0 Å². The number of hydrogen-bond acceptors (Lipinski definition) is 2. The van der Waals surface area contributed by atoms with E-state index in [1.165, 1.54) is 22.3 Å². The maximum absolute atomic E-state index is 6.27. The molecule has 1 atom stereocenters. The summed E-state index contributed by atoms with van der Waals surface area (Å²) >= 11 is 0. The fourth-order valence-electron chi connectivity index (χ4n) is 2.40. The summed E-state index contributed by atoms with van der Waals surface area (Å²) < 4.78 is 0. The third-order valence-electron chi connectivity index (χ3n) is 3.39. The predicted octanol–water partition coefficient (Wildman–Crippen LogP) is 2.73. The molecular weight excluding hydrogens is 208 g/mol. The standard InChI is InChI=1S/C15H26N2/c1-10-7-12(14(3,4)5)8-11(2)13(10)15(6,17)9-16/h7-8H,9,16-17H2,1-6H3. The molecule has 0 saturated heterocycles. The Balaban J connectivity index is 3.40. The molecule has 0 aromatic heterocycles. The van der Waals surface area contributed by atoms with Crippen molar-refractivity contribution in [2.24, 2.45) is 11.5 Å². The molecular formula is C15H26N2. The highest BCUT2D eigenvalue weighted by molar-refractivity contribution is 5.44. The SMILES string of the molecule is Cc1cc(C(C)(C)C)cc(C)c1C(C)(N)CN. The van der Waals surface area contributed by atoms with Gasteiger partial charge in [-0.05, 0) is 48.4 Å². The molecule has 0 heterocycles. The van der Waals surface area contributed by atoms with Crippen molar-refractivity contribution in [1.82, 2.24) is 0 Å². The van der Waals surface area contributed by atoms with Crippen molar-refractivity contribution in [2.45, 2.75) is 52.5 Å². The van der Waals surface area contributed by atoms with Gasteiger partial charge in [-0.1, -0.05) is 32.9 Å². The largest absolute Gasteiger partial charge is 0.328 e. The van der Waals surface area contributed by atoms with Gasteiger partial charge in [-0.3, -0.25) is 0 Å². The van der Waals surface area contributed by atoms with E-state index in [1.807, 2.05) is 6.92 Å². The molecule has 0 radical (unpaired) electrons. The van der Waals surface area contributed by atoms with E-state index in [9.17, 15) is 0 Å². The van der Waals surface area contributed by atoms with Crippen molar-refractivity contribution in [3.63, 3.8) is 0 Å². The summed E-state index contributed by atoms with van der Waals surface area (Å²) in [4.78, 5) is 0. The minimum absolute atomic E-state index is 0.168. The monoisotopic (exact) mass is 234 g/mol. The molecule has 1 aromatic carbocycles. The topological polar surface area (TPSA) is 52.0 Å². The highest BCUT2D eigenvalue weighted by atomic mass is 14.8. The van der Waals surface area contributed by atoms with Gasteiger partial charge in [-0.2, -0.15) is 0 Å². The molecule has 0 aliphatic rings. The first-order valence-electron chi connectivity index (χ1n) is 6.21. The van der Waals surface area contributed by atoms with Gasteiger partial charge in [0, 0.05) is 6.54 Å². The highest BCUT2D eigenvalue weighted by Gasteiger charge is 2.25. The predicted molar refractivity (Wildman–Crippen MR) is 75.2 cm³/mol. The lowest BCUT2D eigenvalue weighted by Gasteiger charge is -2.30. The molecule has 0 amide bonds. The molecule has 1 unspecified atom stereocenters. The van der Waals surface area contributed by atoms with Crippen molar-refractivity contribution in [3.8, 4) is 0 Å². The molecule has 96 valence electrons. The quantitative estimate of drug-likeness (QED) is 0.826. The third kappa shape index (κ3) is 2.88. The summed E-state index contributed by atoms with van der Waals surface area (Å²) in [6, 6.07) is 4.48. The Bertz CT molecular complexity index is 388. The van der Waals surface area contributed by atoms with Gasteiger partial charge in [0.05, 0.1) is 5.54 Å². The fraction of sp³-hybridized carbons (Fsp3) is 0.600. The van der Waals surface area contributed by atoms with Crippen molar-refractivity contribution in [2.75, 3.05) is 6.54 Å². The summed E-state index contributed by atoms with van der Waals surface area (Å²) in [5.74, 6) is 0. The molecule has 0 bridgehead atoms. The first-order valence-corrected chi connectivity index (χ1v) is 6.21. The Morgan fingerprint density at radius 1 is 1.00 bits per heavy atom. The number of benzene rings is 1. The molecule has 2 nitrogen and oxygen atoms in total. The summed E-state index contributed by atoms with van der Waals surface area (Å²) in [5, 5.41) is 0. The normalized spacial score (nSPS) is 15.8. The van der Waals surface area contributed by atoms with Gasteiger partial charge in [-0.25, -0.2) is 0 Å². The second-order valence-electron chi connectivity index (χ2n) is 6.36. The molecule has 0 aliphatic heterocycles. The van der Waals surface area contributed by atoms with Crippen LogP contribution in [0.4, 0.5) is 0 Å². The van der Waals surface area contributed by atoms with Crippen molar-refractivity contribution in [3.05, 3.63) is 34.4 Å². The van der Waals surface area contributed by atoms with Gasteiger partial charge < -0.3 is 11.5 Å². The Hall–Kier alpha value is -0.860. The Morgan fingerprint density at radius 2 is 1.41 bits per heavy atom. The fourth-order valence-corrected chi connectivity index (χ4v) is 2.40. The molecule has 17 heavy (non-hydrogen) atoms. The summed E-state index contributed by atoms with van der Waals surface area (Å²) in [6.45, 7) is 13.4. The molecule has 0 aliphatic carbocycles. The van der Waals surface area contributed by atoms with Gasteiger partial charge >= 0.3 is 0 Å². The zero-order valence-corrected chi connectivity index (χ0v) is 12.0. The van der Waals surface area contributed by atoms with Gasteiger partial charge in [0.2, 0.25) is 0 Å². The van der Waals surface area contributed by atoms with Crippen LogP contribution in [0, 0.1) is 13.8 Å². The van der Waals surface area contributed by atoms with E-state index < -0.39 is 5.54 Å². The van der Waals surface area contributed by atoms with Gasteiger partial charge in [-0.15, -0.1) is 0 Å². The summed E-state index contributed by atoms with van der Waals surface area (Å²) in [7, 11) is 0. The van der Waals surface area contributed by atoms with Crippen LogP contribution < -0.4 is 11.5 Å². The Morgan fingerprint density at radius 3 is 1.71 bits per heavy atom. The molecule has 4 N–H and O–H groups in total. The van der Waals surface area contributed by atoms with E-state index in [1.54, 1.807) is 0 Å². The van der Waals surface area contributed by atoms with Crippen molar-refractivity contribution < 1.29 is 0 Å². The second-order valence-corrected chi connectivity index (χ2v) is 6.36. The highest BCUT2D eigenvalue weighted by Crippen LogP contribution is 2.30. The zero-order valence-electron chi connectivity index (χ0n) is 12.0. The molecule has 0 saturated carbocycles. The van der Waals surface area contributed by atoms with E-state index in [0.717, 1.165) is 0 Å². The van der Waals surface area contributed by atoms with Crippen LogP contribution in [0.2, 0.25) is 0 Å². The van der Waals surface area contributed by atoms with Gasteiger partial charge in [0.1, 0.15) is 0 Å². The van der Waals surface area contributed by atoms with Crippen LogP contribution in [-0.2, 0) is 11.0 Å². The number of rotatable bonds is 2. The zero-order chi connectivity index (χ0) is 13.4. The van der Waals surface area contributed by atoms with Crippen LogP contribution >= 0.6 is 0 Å². The lowest BCUT2D eigenvalue weighted by Crippen LogP contribution is -2.42. The van der Waals surface area contributed by atoms with Gasteiger partial charge in [0.15, 0.2) is 0 Å². The minimum atomic E-state index is -0.440. The number of nitrogens with two attached hydrogens (primary N) is 2.